The summed E-state index contributed by atoms with van der Waals surface area (Å²) >= 11 is 0. The predicted molar refractivity (Wildman–Crippen MR) is 52.5 cm³/mol. The molecule has 1 rings (SSSR count). The van der Waals surface area contributed by atoms with Crippen LogP contribution in [-0.4, -0.2) is 61.3 Å². The zero-order chi connectivity index (χ0) is 11.3. The van der Waals surface area contributed by atoms with E-state index in [9.17, 15) is 9.59 Å². The molecule has 1 saturated heterocycles. The first kappa shape index (κ1) is 11.9. The Balaban J connectivity index is 2.30. The molecule has 1 unspecified atom stereocenters. The summed E-state index contributed by atoms with van der Waals surface area (Å²) in [7, 11) is 1.49. The summed E-state index contributed by atoms with van der Waals surface area (Å²) in [5, 5.41) is 11.6. The molecular formula is C9H16N2O4. The largest absolute Gasteiger partial charge is 0.480 e. The van der Waals surface area contributed by atoms with Crippen LogP contribution in [0.2, 0.25) is 0 Å². The van der Waals surface area contributed by atoms with Gasteiger partial charge in [-0.05, 0) is 0 Å². The normalized spacial score (nSPS) is 21.0. The second kappa shape index (κ2) is 5.67. The van der Waals surface area contributed by atoms with E-state index in [4.69, 9.17) is 9.84 Å². The maximum atomic E-state index is 11.5. The number of nitrogens with one attached hydrogen (secondary N) is 1. The number of morpholine rings is 1. The van der Waals surface area contributed by atoms with Crippen molar-refractivity contribution in [1.82, 2.24) is 10.2 Å². The van der Waals surface area contributed by atoms with Gasteiger partial charge >= 0.3 is 5.97 Å². The van der Waals surface area contributed by atoms with Crippen molar-refractivity contribution in [2.24, 2.45) is 0 Å². The van der Waals surface area contributed by atoms with Crippen LogP contribution in [0.3, 0.4) is 0 Å². The van der Waals surface area contributed by atoms with Crippen LogP contribution < -0.4 is 5.32 Å². The van der Waals surface area contributed by atoms with E-state index in [1.165, 1.54) is 11.9 Å². The first-order valence-corrected chi connectivity index (χ1v) is 4.86. The number of amides is 1. The van der Waals surface area contributed by atoms with Crippen molar-refractivity contribution in [3.63, 3.8) is 0 Å². The summed E-state index contributed by atoms with van der Waals surface area (Å²) in [5.74, 6) is -1.18. The van der Waals surface area contributed by atoms with E-state index in [-0.39, 0.29) is 24.9 Å². The Kier molecular flexibility index (Phi) is 4.51. The van der Waals surface area contributed by atoms with Gasteiger partial charge in [0.2, 0.25) is 5.91 Å². The van der Waals surface area contributed by atoms with E-state index in [2.05, 4.69) is 5.32 Å². The van der Waals surface area contributed by atoms with E-state index in [0.717, 1.165) is 6.54 Å². The van der Waals surface area contributed by atoms with Crippen LogP contribution >= 0.6 is 0 Å². The van der Waals surface area contributed by atoms with Crippen molar-refractivity contribution in [3.05, 3.63) is 0 Å². The van der Waals surface area contributed by atoms with Gasteiger partial charge in [0.25, 0.3) is 0 Å². The molecule has 6 heteroatoms. The molecule has 0 aromatic heterocycles. The third-order valence-corrected chi connectivity index (χ3v) is 2.22. The highest BCUT2D eigenvalue weighted by atomic mass is 16.5. The number of hydrogen-bond donors (Lipinski definition) is 2. The number of carboxylic acid groups (broad SMARTS) is 1. The number of nitrogens with zero attached hydrogens (tertiary/aromatic N) is 1. The van der Waals surface area contributed by atoms with Crippen molar-refractivity contribution >= 4 is 11.9 Å². The van der Waals surface area contributed by atoms with E-state index in [1.54, 1.807) is 0 Å². The van der Waals surface area contributed by atoms with Crippen molar-refractivity contribution < 1.29 is 19.4 Å². The lowest BCUT2D eigenvalue weighted by atomic mass is 10.2. The molecule has 6 nitrogen and oxygen atoms in total. The lowest BCUT2D eigenvalue weighted by Crippen LogP contribution is -2.45. The number of carboxylic acids is 1. The SMILES string of the molecule is CN(CC(=O)O)C(=O)CC1COCCN1. The highest BCUT2D eigenvalue weighted by Crippen LogP contribution is 2.01. The highest BCUT2D eigenvalue weighted by Gasteiger charge is 2.20. The van der Waals surface area contributed by atoms with Gasteiger partial charge in [0, 0.05) is 26.1 Å². The minimum Gasteiger partial charge on any atom is -0.480 e. The Labute approximate surface area is 88.2 Å². The fourth-order valence-corrected chi connectivity index (χ4v) is 1.41. The molecule has 15 heavy (non-hydrogen) atoms. The summed E-state index contributed by atoms with van der Waals surface area (Å²) in [6.07, 6.45) is 0.282. The number of carbonyl (C=O) groups is 2. The van der Waals surface area contributed by atoms with E-state index in [0.29, 0.717) is 13.2 Å². The minimum absolute atomic E-state index is 0.00231. The lowest BCUT2D eigenvalue weighted by molar-refractivity contribution is -0.143. The number of ether oxygens (including phenoxy) is 1. The van der Waals surface area contributed by atoms with Gasteiger partial charge in [0.1, 0.15) is 6.54 Å². The van der Waals surface area contributed by atoms with Gasteiger partial charge in [-0.25, -0.2) is 0 Å². The summed E-state index contributed by atoms with van der Waals surface area (Å²) in [6, 6.07) is 0.00231. The maximum Gasteiger partial charge on any atom is 0.323 e. The van der Waals surface area contributed by atoms with Crippen molar-refractivity contribution in [1.29, 1.82) is 0 Å². The van der Waals surface area contributed by atoms with Gasteiger partial charge in [-0.3, -0.25) is 9.59 Å². The van der Waals surface area contributed by atoms with Crippen LogP contribution in [-0.2, 0) is 14.3 Å². The van der Waals surface area contributed by atoms with E-state index in [1.807, 2.05) is 0 Å². The molecule has 1 aliphatic rings. The second-order valence-electron chi connectivity index (χ2n) is 3.57. The molecular weight excluding hydrogens is 200 g/mol. The quantitative estimate of drug-likeness (QED) is 0.624. The van der Waals surface area contributed by atoms with Crippen LogP contribution in [0.4, 0.5) is 0 Å². The Bertz CT molecular complexity index is 238. The second-order valence-corrected chi connectivity index (χ2v) is 3.57. The van der Waals surface area contributed by atoms with E-state index >= 15 is 0 Å². The highest BCUT2D eigenvalue weighted by molar-refractivity contribution is 5.81. The van der Waals surface area contributed by atoms with Crippen molar-refractivity contribution in [2.75, 3.05) is 33.4 Å². The van der Waals surface area contributed by atoms with Gasteiger partial charge in [0.05, 0.1) is 13.2 Å². The molecule has 2 N–H and O–H groups in total. The number of carbonyl (C=O) groups excluding carboxylic acids is 1. The van der Waals surface area contributed by atoms with E-state index < -0.39 is 5.97 Å². The van der Waals surface area contributed by atoms with Gasteiger partial charge in [-0.2, -0.15) is 0 Å². The first-order chi connectivity index (χ1) is 7.09. The Morgan fingerprint density at radius 2 is 2.33 bits per heavy atom. The molecule has 86 valence electrons. The monoisotopic (exact) mass is 216 g/mol. The third kappa shape index (κ3) is 4.26. The molecule has 1 fully saturated rings. The minimum atomic E-state index is -1.00. The van der Waals surface area contributed by atoms with Crippen LogP contribution in [0.5, 0.6) is 0 Å². The first-order valence-electron chi connectivity index (χ1n) is 4.86. The van der Waals surface area contributed by atoms with Gasteiger partial charge < -0.3 is 20.1 Å². The summed E-state index contributed by atoms with van der Waals surface area (Å²) in [5.41, 5.74) is 0. The zero-order valence-electron chi connectivity index (χ0n) is 8.73. The molecule has 0 aromatic rings. The van der Waals surface area contributed by atoms with Gasteiger partial charge in [0.15, 0.2) is 0 Å². The molecule has 0 aromatic carbocycles. The van der Waals surface area contributed by atoms with Crippen LogP contribution in [0, 0.1) is 0 Å². The average Bonchev–Trinajstić information content (AvgIpc) is 2.18. The summed E-state index contributed by atoms with van der Waals surface area (Å²) in [4.78, 5) is 23.1. The number of rotatable bonds is 4. The smallest absolute Gasteiger partial charge is 0.323 e. The Morgan fingerprint density at radius 1 is 1.60 bits per heavy atom. The molecule has 0 saturated carbocycles. The molecule has 1 amide bonds. The van der Waals surface area contributed by atoms with Gasteiger partial charge in [-0.1, -0.05) is 0 Å². The molecule has 1 heterocycles. The fourth-order valence-electron chi connectivity index (χ4n) is 1.41. The third-order valence-electron chi connectivity index (χ3n) is 2.22. The number of hydrogen-bond acceptors (Lipinski definition) is 4. The molecule has 0 bridgehead atoms. The lowest BCUT2D eigenvalue weighted by Gasteiger charge is -2.25. The number of aliphatic carboxylic acids is 1. The zero-order valence-corrected chi connectivity index (χ0v) is 8.73. The van der Waals surface area contributed by atoms with Crippen LogP contribution in [0.25, 0.3) is 0 Å². The summed E-state index contributed by atoms with van der Waals surface area (Å²) in [6.45, 7) is 1.65. The standard InChI is InChI=1S/C9H16N2O4/c1-11(5-9(13)14)8(12)4-7-6-15-3-2-10-7/h7,10H,2-6H2,1H3,(H,13,14). The molecule has 0 spiro atoms. The van der Waals surface area contributed by atoms with Gasteiger partial charge in [-0.15, -0.1) is 0 Å². The predicted octanol–water partition coefficient (Wildman–Crippen LogP) is -1.09. The fraction of sp³-hybridized carbons (Fsp3) is 0.778. The molecule has 1 atom stereocenters. The maximum absolute atomic E-state index is 11.5. The molecule has 1 aliphatic heterocycles. The van der Waals surface area contributed by atoms with Crippen LogP contribution in [0.15, 0.2) is 0 Å². The Morgan fingerprint density at radius 3 is 2.87 bits per heavy atom. The summed E-state index contributed by atoms with van der Waals surface area (Å²) < 4.78 is 5.19. The van der Waals surface area contributed by atoms with Crippen molar-refractivity contribution in [3.8, 4) is 0 Å². The molecule has 0 aliphatic carbocycles. The van der Waals surface area contributed by atoms with Crippen LogP contribution in [0.1, 0.15) is 6.42 Å². The van der Waals surface area contributed by atoms with Crippen molar-refractivity contribution in [2.45, 2.75) is 12.5 Å². The average molecular weight is 216 g/mol. The Hall–Kier alpha value is -1.14. The molecule has 0 radical (unpaired) electrons. The number of likely N-dealkylation sites (N-methyl/N-ethyl adjacent to an activating group) is 1. The topological polar surface area (TPSA) is 78.9 Å².